The van der Waals surface area contributed by atoms with E-state index in [1.165, 1.54) is 11.1 Å². The second-order valence-electron chi connectivity index (χ2n) is 5.01. The highest BCUT2D eigenvalue weighted by molar-refractivity contribution is 5.86. The minimum absolute atomic E-state index is 0.423. The van der Waals surface area contributed by atoms with Gasteiger partial charge in [-0.2, -0.15) is 0 Å². The highest BCUT2D eigenvalue weighted by atomic mass is 16.5. The molecule has 0 saturated heterocycles. The van der Waals surface area contributed by atoms with E-state index in [0.29, 0.717) is 5.82 Å². The van der Waals surface area contributed by atoms with E-state index < -0.39 is 0 Å². The summed E-state index contributed by atoms with van der Waals surface area (Å²) in [4.78, 5) is 0. The number of benzene rings is 2. The monoisotopic (exact) mass is 264 g/mol. The molecule has 3 heteroatoms. The molecular weight excluding hydrogens is 248 g/mol. The summed E-state index contributed by atoms with van der Waals surface area (Å²) >= 11 is 0. The SMILES string of the molecule is Cc1cccc(-c2onc(N)c2-c2cccc(C)c2)c1. The lowest BCUT2D eigenvalue weighted by molar-refractivity contribution is 0.436. The molecule has 0 radical (unpaired) electrons. The molecule has 1 heterocycles. The van der Waals surface area contributed by atoms with Gasteiger partial charge in [0.05, 0.1) is 5.56 Å². The van der Waals surface area contributed by atoms with E-state index in [4.69, 9.17) is 10.3 Å². The third-order valence-electron chi connectivity index (χ3n) is 3.31. The van der Waals surface area contributed by atoms with Crippen LogP contribution in [-0.2, 0) is 0 Å². The normalized spacial score (nSPS) is 10.7. The third kappa shape index (κ3) is 2.18. The van der Waals surface area contributed by atoms with Crippen LogP contribution in [0, 0.1) is 13.8 Å². The standard InChI is InChI=1S/C17H16N2O/c1-11-5-3-7-13(9-11)15-16(20-19-17(15)18)14-8-4-6-12(2)10-14/h3-10H,1-2H3,(H2,18,19). The average molecular weight is 264 g/mol. The van der Waals surface area contributed by atoms with Crippen molar-refractivity contribution in [3.05, 3.63) is 59.7 Å². The Morgan fingerprint density at radius 3 is 2.15 bits per heavy atom. The molecule has 0 unspecified atom stereocenters. The van der Waals surface area contributed by atoms with Crippen LogP contribution in [-0.4, -0.2) is 5.16 Å². The molecular formula is C17H16N2O. The molecule has 3 aromatic rings. The molecule has 2 aromatic carbocycles. The number of nitrogen functional groups attached to an aromatic ring is 1. The molecule has 0 bridgehead atoms. The number of aryl methyl sites for hydroxylation is 2. The van der Waals surface area contributed by atoms with Gasteiger partial charge in [-0.3, -0.25) is 0 Å². The summed E-state index contributed by atoms with van der Waals surface area (Å²) in [6.07, 6.45) is 0. The third-order valence-corrected chi connectivity index (χ3v) is 3.31. The largest absolute Gasteiger partial charge is 0.380 e. The number of nitrogens with zero attached hydrogens (tertiary/aromatic N) is 1. The van der Waals surface area contributed by atoms with Crippen molar-refractivity contribution in [1.82, 2.24) is 5.16 Å². The lowest BCUT2D eigenvalue weighted by Gasteiger charge is -2.04. The van der Waals surface area contributed by atoms with Gasteiger partial charge >= 0.3 is 0 Å². The number of aromatic nitrogens is 1. The average Bonchev–Trinajstić information content (AvgIpc) is 2.80. The van der Waals surface area contributed by atoms with Gasteiger partial charge in [-0.15, -0.1) is 0 Å². The highest BCUT2D eigenvalue weighted by Crippen LogP contribution is 2.36. The van der Waals surface area contributed by atoms with Crippen LogP contribution in [0.4, 0.5) is 5.82 Å². The van der Waals surface area contributed by atoms with Crippen molar-refractivity contribution in [3.8, 4) is 22.5 Å². The zero-order valence-electron chi connectivity index (χ0n) is 11.6. The summed E-state index contributed by atoms with van der Waals surface area (Å²) < 4.78 is 5.46. The fourth-order valence-corrected chi connectivity index (χ4v) is 2.37. The van der Waals surface area contributed by atoms with Crippen LogP contribution >= 0.6 is 0 Å². The summed E-state index contributed by atoms with van der Waals surface area (Å²) in [6, 6.07) is 16.3. The Kier molecular flexibility index (Phi) is 3.03. The van der Waals surface area contributed by atoms with Crippen molar-refractivity contribution in [2.24, 2.45) is 0 Å². The zero-order valence-corrected chi connectivity index (χ0v) is 11.6. The maximum atomic E-state index is 5.99. The van der Waals surface area contributed by atoms with Crippen molar-refractivity contribution in [2.45, 2.75) is 13.8 Å². The summed E-state index contributed by atoms with van der Waals surface area (Å²) in [5, 5.41) is 3.93. The molecule has 3 rings (SSSR count). The van der Waals surface area contributed by atoms with Crippen LogP contribution in [0.15, 0.2) is 53.1 Å². The number of anilines is 1. The van der Waals surface area contributed by atoms with Gasteiger partial charge < -0.3 is 10.3 Å². The Labute approximate surface area is 118 Å². The maximum absolute atomic E-state index is 5.99. The van der Waals surface area contributed by atoms with E-state index in [9.17, 15) is 0 Å². The Bertz CT molecular complexity index is 759. The van der Waals surface area contributed by atoms with Crippen molar-refractivity contribution in [2.75, 3.05) is 5.73 Å². The molecule has 0 fully saturated rings. The van der Waals surface area contributed by atoms with Crippen LogP contribution in [0.25, 0.3) is 22.5 Å². The van der Waals surface area contributed by atoms with Gasteiger partial charge in [-0.1, -0.05) is 58.7 Å². The minimum atomic E-state index is 0.423. The molecule has 0 spiro atoms. The van der Waals surface area contributed by atoms with Gasteiger partial charge in [-0.25, -0.2) is 0 Å². The topological polar surface area (TPSA) is 52.0 Å². The van der Waals surface area contributed by atoms with E-state index >= 15 is 0 Å². The van der Waals surface area contributed by atoms with E-state index in [0.717, 1.165) is 22.5 Å². The summed E-state index contributed by atoms with van der Waals surface area (Å²) in [6.45, 7) is 4.11. The molecule has 20 heavy (non-hydrogen) atoms. The van der Waals surface area contributed by atoms with Crippen LogP contribution in [0.1, 0.15) is 11.1 Å². The van der Waals surface area contributed by atoms with Gasteiger partial charge in [0, 0.05) is 5.56 Å². The zero-order chi connectivity index (χ0) is 14.1. The van der Waals surface area contributed by atoms with E-state index in [-0.39, 0.29) is 0 Å². The smallest absolute Gasteiger partial charge is 0.176 e. The van der Waals surface area contributed by atoms with Gasteiger partial charge in [0.2, 0.25) is 0 Å². The van der Waals surface area contributed by atoms with E-state index in [1.807, 2.05) is 24.3 Å². The van der Waals surface area contributed by atoms with Gasteiger partial charge in [0.1, 0.15) is 0 Å². The first-order chi connectivity index (χ1) is 9.65. The molecule has 0 aliphatic carbocycles. The predicted molar refractivity (Wildman–Crippen MR) is 81.3 cm³/mol. The summed E-state index contributed by atoms with van der Waals surface area (Å²) in [5.74, 6) is 1.14. The number of nitrogens with two attached hydrogens (primary N) is 1. The maximum Gasteiger partial charge on any atom is 0.176 e. The molecule has 100 valence electrons. The van der Waals surface area contributed by atoms with Gasteiger partial charge in [0.25, 0.3) is 0 Å². The fraction of sp³-hybridized carbons (Fsp3) is 0.118. The van der Waals surface area contributed by atoms with Crippen LogP contribution in [0.2, 0.25) is 0 Å². The first-order valence-electron chi connectivity index (χ1n) is 6.54. The van der Waals surface area contributed by atoms with Crippen LogP contribution < -0.4 is 5.73 Å². The fourth-order valence-electron chi connectivity index (χ4n) is 2.37. The molecule has 2 N–H and O–H groups in total. The second-order valence-corrected chi connectivity index (χ2v) is 5.01. The van der Waals surface area contributed by atoms with Gasteiger partial charge in [0.15, 0.2) is 11.6 Å². The van der Waals surface area contributed by atoms with Crippen molar-refractivity contribution in [1.29, 1.82) is 0 Å². The minimum Gasteiger partial charge on any atom is -0.380 e. The van der Waals surface area contributed by atoms with Crippen LogP contribution in [0.3, 0.4) is 0 Å². The molecule has 0 saturated carbocycles. The first-order valence-corrected chi connectivity index (χ1v) is 6.54. The summed E-state index contributed by atoms with van der Waals surface area (Å²) in [7, 11) is 0. The number of rotatable bonds is 2. The van der Waals surface area contributed by atoms with Gasteiger partial charge in [-0.05, 0) is 25.5 Å². The summed E-state index contributed by atoms with van der Waals surface area (Å²) in [5.41, 5.74) is 11.2. The van der Waals surface area contributed by atoms with E-state index in [2.05, 4.69) is 43.3 Å². The Balaban J connectivity index is 2.20. The lowest BCUT2D eigenvalue weighted by atomic mass is 9.99. The van der Waals surface area contributed by atoms with Crippen molar-refractivity contribution >= 4 is 5.82 Å². The number of hydrogen-bond acceptors (Lipinski definition) is 3. The Hall–Kier alpha value is -2.55. The van der Waals surface area contributed by atoms with E-state index in [1.54, 1.807) is 0 Å². The van der Waals surface area contributed by atoms with Crippen LogP contribution in [0.5, 0.6) is 0 Å². The Morgan fingerprint density at radius 2 is 1.50 bits per heavy atom. The molecule has 3 nitrogen and oxygen atoms in total. The molecule has 0 aliphatic heterocycles. The quantitative estimate of drug-likeness (QED) is 0.754. The highest BCUT2D eigenvalue weighted by Gasteiger charge is 2.17. The molecule has 0 aliphatic rings. The predicted octanol–water partition coefficient (Wildman–Crippen LogP) is 4.21. The molecule has 0 amide bonds. The molecule has 0 atom stereocenters. The van der Waals surface area contributed by atoms with Crippen molar-refractivity contribution < 1.29 is 4.52 Å². The molecule has 1 aromatic heterocycles. The first kappa shape index (κ1) is 12.5. The number of hydrogen-bond donors (Lipinski definition) is 1. The van der Waals surface area contributed by atoms with Crippen molar-refractivity contribution in [3.63, 3.8) is 0 Å². The Morgan fingerprint density at radius 1 is 0.900 bits per heavy atom. The lowest BCUT2D eigenvalue weighted by Crippen LogP contribution is -1.89. The second kappa shape index (κ2) is 4.85.